The Labute approximate surface area is 113 Å². The van der Waals surface area contributed by atoms with Crippen LogP contribution in [0.5, 0.6) is 5.75 Å². The first-order valence-electron chi connectivity index (χ1n) is 6.00. The molecule has 1 fully saturated rings. The number of hydrogen-bond acceptors (Lipinski definition) is 4. The van der Waals surface area contributed by atoms with Crippen LogP contribution in [-0.2, 0) is 11.2 Å². The number of rotatable bonds is 1. The van der Waals surface area contributed by atoms with E-state index in [-0.39, 0.29) is 18.4 Å². The molecule has 2 aliphatic rings. The van der Waals surface area contributed by atoms with E-state index in [4.69, 9.17) is 4.74 Å². The number of carbonyl (C=O) groups is 1. The molecule has 0 amide bonds. The molecule has 0 N–H and O–H groups in total. The topological polar surface area (TPSA) is 32.8 Å². The molecule has 5 heteroatoms. The molecule has 0 bridgehead atoms. The van der Waals surface area contributed by atoms with E-state index >= 15 is 0 Å². The predicted molar refractivity (Wildman–Crippen MR) is 72.7 cm³/mol. The Morgan fingerprint density at radius 3 is 2.61 bits per heavy atom. The van der Waals surface area contributed by atoms with E-state index in [2.05, 4.69) is 16.8 Å². The van der Waals surface area contributed by atoms with E-state index in [9.17, 15) is 4.79 Å². The number of anilines is 1. The van der Waals surface area contributed by atoms with Crippen LogP contribution >= 0.6 is 12.4 Å². The van der Waals surface area contributed by atoms with Crippen molar-refractivity contribution in [2.24, 2.45) is 0 Å². The third-order valence-corrected chi connectivity index (χ3v) is 3.47. The first-order chi connectivity index (χ1) is 8.24. The molecule has 1 saturated heterocycles. The molecule has 0 saturated carbocycles. The van der Waals surface area contributed by atoms with E-state index < -0.39 is 0 Å². The number of likely N-dealkylation sites (N-methyl/N-ethyl adjacent to an activating group) is 1. The number of halogens is 1. The SMILES string of the molecule is CN1CCN(c2cccc3c2OC(=O)C3)CC1.Cl. The van der Waals surface area contributed by atoms with Crippen LogP contribution < -0.4 is 9.64 Å². The Morgan fingerprint density at radius 2 is 1.89 bits per heavy atom. The van der Waals surface area contributed by atoms with E-state index in [0.29, 0.717) is 6.42 Å². The monoisotopic (exact) mass is 268 g/mol. The average Bonchev–Trinajstić information content (AvgIpc) is 2.70. The molecular weight excluding hydrogens is 252 g/mol. The zero-order valence-corrected chi connectivity index (χ0v) is 11.2. The van der Waals surface area contributed by atoms with Crippen molar-refractivity contribution in [2.45, 2.75) is 6.42 Å². The number of benzene rings is 1. The van der Waals surface area contributed by atoms with Crippen LogP contribution in [0.3, 0.4) is 0 Å². The number of hydrogen-bond donors (Lipinski definition) is 0. The summed E-state index contributed by atoms with van der Waals surface area (Å²) < 4.78 is 5.32. The summed E-state index contributed by atoms with van der Waals surface area (Å²) in [7, 11) is 2.13. The van der Waals surface area contributed by atoms with Gasteiger partial charge >= 0.3 is 5.97 Å². The van der Waals surface area contributed by atoms with Gasteiger partial charge in [-0.05, 0) is 13.1 Å². The van der Waals surface area contributed by atoms with Crippen molar-refractivity contribution < 1.29 is 9.53 Å². The van der Waals surface area contributed by atoms with Gasteiger partial charge in [-0.1, -0.05) is 12.1 Å². The van der Waals surface area contributed by atoms with E-state index in [1.807, 2.05) is 18.2 Å². The predicted octanol–water partition coefficient (Wildman–Crippen LogP) is 1.32. The first kappa shape index (κ1) is 13.2. The van der Waals surface area contributed by atoms with Gasteiger partial charge in [-0.15, -0.1) is 12.4 Å². The molecule has 4 nitrogen and oxygen atoms in total. The van der Waals surface area contributed by atoms with Crippen LogP contribution in [0, 0.1) is 0 Å². The van der Waals surface area contributed by atoms with Gasteiger partial charge in [-0.2, -0.15) is 0 Å². The molecule has 0 spiro atoms. The second-order valence-electron chi connectivity index (χ2n) is 4.71. The summed E-state index contributed by atoms with van der Waals surface area (Å²) in [5, 5.41) is 0. The summed E-state index contributed by atoms with van der Waals surface area (Å²) in [5.74, 6) is 0.642. The fraction of sp³-hybridized carbons (Fsp3) is 0.462. The second kappa shape index (κ2) is 5.16. The lowest BCUT2D eigenvalue weighted by molar-refractivity contribution is -0.131. The number of carbonyl (C=O) groups excluding carboxylic acids is 1. The largest absolute Gasteiger partial charge is 0.424 e. The molecular formula is C13H17ClN2O2. The van der Waals surface area contributed by atoms with Crippen molar-refractivity contribution in [3.8, 4) is 5.75 Å². The van der Waals surface area contributed by atoms with E-state index in [1.54, 1.807) is 0 Å². The van der Waals surface area contributed by atoms with Gasteiger partial charge in [-0.3, -0.25) is 4.79 Å². The van der Waals surface area contributed by atoms with Crippen LogP contribution in [0.2, 0.25) is 0 Å². The number of ether oxygens (including phenoxy) is 1. The molecule has 0 unspecified atom stereocenters. The zero-order chi connectivity index (χ0) is 11.8. The van der Waals surface area contributed by atoms with Crippen LogP contribution in [0.15, 0.2) is 18.2 Å². The highest BCUT2D eigenvalue weighted by Crippen LogP contribution is 2.36. The molecule has 18 heavy (non-hydrogen) atoms. The average molecular weight is 269 g/mol. The van der Waals surface area contributed by atoms with Gasteiger partial charge in [-0.25, -0.2) is 0 Å². The highest BCUT2D eigenvalue weighted by molar-refractivity contribution is 5.85. The van der Waals surface area contributed by atoms with Gasteiger partial charge < -0.3 is 14.5 Å². The van der Waals surface area contributed by atoms with Crippen LogP contribution in [0.4, 0.5) is 5.69 Å². The number of piperazine rings is 1. The normalized spacial score (nSPS) is 19.2. The molecule has 1 aromatic carbocycles. The highest BCUT2D eigenvalue weighted by Gasteiger charge is 2.26. The number of nitrogens with zero attached hydrogens (tertiary/aromatic N) is 2. The third kappa shape index (κ3) is 2.31. The lowest BCUT2D eigenvalue weighted by Crippen LogP contribution is -2.44. The maximum atomic E-state index is 11.3. The highest BCUT2D eigenvalue weighted by atomic mass is 35.5. The van der Waals surface area contributed by atoms with Crippen molar-refractivity contribution in [1.82, 2.24) is 4.90 Å². The molecule has 0 aliphatic carbocycles. The molecule has 98 valence electrons. The number of fused-ring (bicyclic) bond motifs is 1. The molecule has 2 heterocycles. The van der Waals surface area contributed by atoms with Gasteiger partial charge in [0, 0.05) is 31.7 Å². The minimum Gasteiger partial charge on any atom is -0.424 e. The lowest BCUT2D eigenvalue weighted by Gasteiger charge is -2.34. The Hall–Kier alpha value is -1.26. The molecule has 0 atom stereocenters. The van der Waals surface area contributed by atoms with Gasteiger partial charge in [0.2, 0.25) is 0 Å². The number of esters is 1. The summed E-state index contributed by atoms with van der Waals surface area (Å²) in [6, 6.07) is 6.02. The Morgan fingerprint density at radius 1 is 1.17 bits per heavy atom. The summed E-state index contributed by atoms with van der Waals surface area (Å²) in [6.07, 6.45) is 0.414. The van der Waals surface area contributed by atoms with Gasteiger partial charge in [0.15, 0.2) is 5.75 Å². The fourth-order valence-corrected chi connectivity index (χ4v) is 2.43. The molecule has 0 radical (unpaired) electrons. The van der Waals surface area contributed by atoms with Crippen LogP contribution in [0.25, 0.3) is 0 Å². The maximum Gasteiger partial charge on any atom is 0.315 e. The second-order valence-corrected chi connectivity index (χ2v) is 4.71. The summed E-state index contributed by atoms with van der Waals surface area (Å²) in [6.45, 7) is 4.09. The van der Waals surface area contributed by atoms with Gasteiger partial charge in [0.05, 0.1) is 12.1 Å². The fourth-order valence-electron chi connectivity index (χ4n) is 2.43. The standard InChI is InChI=1S/C13H16N2O2.ClH/c1-14-5-7-15(8-6-14)11-4-2-3-10-9-12(16)17-13(10)11;/h2-4H,5-9H2,1H3;1H. The molecule has 2 aliphatic heterocycles. The zero-order valence-electron chi connectivity index (χ0n) is 10.4. The van der Waals surface area contributed by atoms with Crippen molar-refractivity contribution in [3.05, 3.63) is 23.8 Å². The van der Waals surface area contributed by atoms with Crippen molar-refractivity contribution in [2.75, 3.05) is 38.1 Å². The minimum absolute atomic E-state index is 0. The summed E-state index contributed by atoms with van der Waals surface area (Å²) >= 11 is 0. The third-order valence-electron chi connectivity index (χ3n) is 3.47. The first-order valence-corrected chi connectivity index (χ1v) is 6.00. The van der Waals surface area contributed by atoms with E-state index in [1.165, 1.54) is 0 Å². The minimum atomic E-state index is -0.137. The van der Waals surface area contributed by atoms with Gasteiger partial charge in [0.25, 0.3) is 0 Å². The Bertz CT molecular complexity index is 456. The van der Waals surface area contributed by atoms with Crippen molar-refractivity contribution in [3.63, 3.8) is 0 Å². The lowest BCUT2D eigenvalue weighted by atomic mass is 10.1. The molecule has 1 aromatic rings. The Kier molecular flexibility index (Phi) is 3.78. The van der Waals surface area contributed by atoms with Crippen LogP contribution in [-0.4, -0.2) is 44.1 Å². The summed E-state index contributed by atoms with van der Waals surface area (Å²) in [5.41, 5.74) is 2.09. The van der Waals surface area contributed by atoms with E-state index in [0.717, 1.165) is 43.2 Å². The molecule has 0 aromatic heterocycles. The quantitative estimate of drug-likeness (QED) is 0.568. The smallest absolute Gasteiger partial charge is 0.315 e. The summed E-state index contributed by atoms with van der Waals surface area (Å²) in [4.78, 5) is 16.0. The van der Waals surface area contributed by atoms with Gasteiger partial charge in [0.1, 0.15) is 0 Å². The van der Waals surface area contributed by atoms with Crippen molar-refractivity contribution in [1.29, 1.82) is 0 Å². The van der Waals surface area contributed by atoms with Crippen molar-refractivity contribution >= 4 is 24.1 Å². The Balaban J connectivity index is 0.00000120. The van der Waals surface area contributed by atoms with Crippen LogP contribution in [0.1, 0.15) is 5.56 Å². The maximum absolute atomic E-state index is 11.3. The number of para-hydroxylation sites is 1. The molecule has 3 rings (SSSR count).